The minimum absolute atomic E-state index is 0.0410. The summed E-state index contributed by atoms with van der Waals surface area (Å²) < 4.78 is 33.0. The number of amides is 1. The molecular weight excluding hydrogens is 326 g/mol. The minimum atomic E-state index is -0.699. The van der Waals surface area contributed by atoms with Crippen molar-refractivity contribution in [3.05, 3.63) is 41.9 Å². The molecule has 0 bridgehead atoms. The summed E-state index contributed by atoms with van der Waals surface area (Å²) in [5, 5.41) is 0. The number of carbonyl (C=O) groups excluding carboxylic acids is 1. The van der Waals surface area contributed by atoms with E-state index in [1.54, 1.807) is 0 Å². The maximum atomic E-state index is 13.8. The van der Waals surface area contributed by atoms with Gasteiger partial charge in [0.25, 0.3) is 0 Å². The molecule has 6 heteroatoms. The van der Waals surface area contributed by atoms with Gasteiger partial charge < -0.3 is 9.32 Å². The second-order valence-corrected chi connectivity index (χ2v) is 6.76. The SMILES string of the molecule is CC(C)C1CCCN1C(=O)CCc1ncc(-c2c(F)cccc2F)o1. The standard InChI is InChI=1S/C19H22F2N2O2/c1-12(2)15-7-4-10-23(15)18(24)9-8-17-22-11-16(25-17)19-13(20)5-3-6-14(19)21/h3,5-6,11-12,15H,4,7-10H2,1-2H3. The summed E-state index contributed by atoms with van der Waals surface area (Å²) in [5.74, 6) is -0.534. The van der Waals surface area contributed by atoms with Crippen molar-refractivity contribution in [2.24, 2.45) is 5.92 Å². The van der Waals surface area contributed by atoms with Gasteiger partial charge >= 0.3 is 0 Å². The van der Waals surface area contributed by atoms with Gasteiger partial charge in [-0.15, -0.1) is 0 Å². The van der Waals surface area contributed by atoms with Crippen molar-refractivity contribution >= 4 is 5.91 Å². The monoisotopic (exact) mass is 348 g/mol. The number of carbonyl (C=O) groups is 1. The molecule has 1 amide bonds. The molecule has 25 heavy (non-hydrogen) atoms. The summed E-state index contributed by atoms with van der Waals surface area (Å²) >= 11 is 0. The van der Waals surface area contributed by atoms with Gasteiger partial charge in [-0.05, 0) is 30.9 Å². The van der Waals surface area contributed by atoms with Crippen molar-refractivity contribution in [3.63, 3.8) is 0 Å². The highest BCUT2D eigenvalue weighted by Gasteiger charge is 2.30. The Morgan fingerprint density at radius 1 is 1.36 bits per heavy atom. The van der Waals surface area contributed by atoms with Gasteiger partial charge in [-0.2, -0.15) is 0 Å². The summed E-state index contributed by atoms with van der Waals surface area (Å²) in [6.07, 6.45) is 3.97. The van der Waals surface area contributed by atoms with Gasteiger partial charge in [0, 0.05) is 25.4 Å². The molecule has 1 unspecified atom stereocenters. The number of rotatable bonds is 5. The average Bonchev–Trinajstić information content (AvgIpc) is 3.22. The van der Waals surface area contributed by atoms with Gasteiger partial charge in [-0.1, -0.05) is 19.9 Å². The van der Waals surface area contributed by atoms with Crippen LogP contribution in [0.4, 0.5) is 8.78 Å². The molecule has 2 aromatic rings. The van der Waals surface area contributed by atoms with Crippen molar-refractivity contribution in [2.45, 2.75) is 45.6 Å². The second kappa shape index (κ2) is 7.33. The molecule has 0 N–H and O–H groups in total. The Kier molecular flexibility index (Phi) is 5.16. The topological polar surface area (TPSA) is 46.3 Å². The third-order valence-corrected chi connectivity index (χ3v) is 4.70. The zero-order valence-corrected chi connectivity index (χ0v) is 14.5. The molecule has 1 saturated heterocycles. The molecule has 1 aliphatic heterocycles. The highest BCUT2D eigenvalue weighted by molar-refractivity contribution is 5.77. The fourth-order valence-corrected chi connectivity index (χ4v) is 3.43. The maximum absolute atomic E-state index is 13.8. The molecule has 1 aromatic carbocycles. The summed E-state index contributed by atoms with van der Waals surface area (Å²) in [5.41, 5.74) is -0.230. The average molecular weight is 348 g/mol. The normalized spacial score (nSPS) is 17.5. The first kappa shape index (κ1) is 17.6. The highest BCUT2D eigenvalue weighted by atomic mass is 19.1. The van der Waals surface area contributed by atoms with Crippen LogP contribution in [0.5, 0.6) is 0 Å². The summed E-state index contributed by atoms with van der Waals surface area (Å²) in [4.78, 5) is 18.4. The quantitative estimate of drug-likeness (QED) is 0.813. The Bertz CT molecular complexity index is 737. The van der Waals surface area contributed by atoms with Crippen molar-refractivity contribution in [2.75, 3.05) is 6.54 Å². The zero-order chi connectivity index (χ0) is 18.0. The second-order valence-electron chi connectivity index (χ2n) is 6.76. The Balaban J connectivity index is 1.65. The van der Waals surface area contributed by atoms with Crippen molar-refractivity contribution in [1.82, 2.24) is 9.88 Å². The first-order chi connectivity index (χ1) is 12.0. The number of benzene rings is 1. The summed E-state index contributed by atoms with van der Waals surface area (Å²) in [7, 11) is 0. The van der Waals surface area contributed by atoms with Crippen LogP contribution in [0.25, 0.3) is 11.3 Å². The lowest BCUT2D eigenvalue weighted by molar-refractivity contribution is -0.132. The largest absolute Gasteiger partial charge is 0.441 e. The molecule has 1 atom stereocenters. The molecular formula is C19H22F2N2O2. The molecule has 1 fully saturated rings. The number of aromatic nitrogens is 1. The molecule has 0 radical (unpaired) electrons. The van der Waals surface area contributed by atoms with Crippen molar-refractivity contribution in [1.29, 1.82) is 0 Å². The molecule has 3 rings (SSSR count). The van der Waals surface area contributed by atoms with E-state index in [1.165, 1.54) is 24.4 Å². The van der Waals surface area contributed by atoms with Gasteiger partial charge in [-0.3, -0.25) is 4.79 Å². The number of oxazole rings is 1. The molecule has 0 saturated carbocycles. The van der Waals surface area contributed by atoms with E-state index in [0.29, 0.717) is 24.3 Å². The number of halogens is 2. The lowest BCUT2D eigenvalue weighted by Crippen LogP contribution is -2.38. The van der Waals surface area contributed by atoms with Crippen LogP contribution in [0.1, 0.15) is 39.0 Å². The fraction of sp³-hybridized carbons (Fsp3) is 0.474. The van der Waals surface area contributed by atoms with E-state index >= 15 is 0 Å². The molecule has 0 spiro atoms. The van der Waals surface area contributed by atoms with E-state index in [1.807, 2.05) is 4.90 Å². The van der Waals surface area contributed by atoms with E-state index in [0.717, 1.165) is 19.4 Å². The van der Waals surface area contributed by atoms with Gasteiger partial charge in [0.05, 0.1) is 11.8 Å². The van der Waals surface area contributed by atoms with Crippen LogP contribution in [0, 0.1) is 17.6 Å². The van der Waals surface area contributed by atoms with E-state index in [4.69, 9.17) is 4.42 Å². The van der Waals surface area contributed by atoms with E-state index in [2.05, 4.69) is 18.8 Å². The number of aryl methyl sites for hydroxylation is 1. The zero-order valence-electron chi connectivity index (χ0n) is 14.5. The van der Waals surface area contributed by atoms with Crippen LogP contribution in [-0.2, 0) is 11.2 Å². The highest BCUT2D eigenvalue weighted by Crippen LogP contribution is 2.28. The fourth-order valence-electron chi connectivity index (χ4n) is 3.43. The van der Waals surface area contributed by atoms with Crippen molar-refractivity contribution < 1.29 is 18.0 Å². The molecule has 1 aliphatic rings. The third-order valence-electron chi connectivity index (χ3n) is 4.70. The molecule has 0 aliphatic carbocycles. The predicted octanol–water partition coefficient (Wildman–Crippen LogP) is 4.20. The number of hydrogen-bond acceptors (Lipinski definition) is 3. The maximum Gasteiger partial charge on any atom is 0.223 e. The van der Waals surface area contributed by atoms with Gasteiger partial charge in [0.2, 0.25) is 5.91 Å². The van der Waals surface area contributed by atoms with Crippen LogP contribution < -0.4 is 0 Å². The van der Waals surface area contributed by atoms with Crippen LogP contribution in [0.3, 0.4) is 0 Å². The first-order valence-electron chi connectivity index (χ1n) is 8.66. The Labute approximate surface area is 145 Å². The first-order valence-corrected chi connectivity index (χ1v) is 8.66. The molecule has 4 nitrogen and oxygen atoms in total. The van der Waals surface area contributed by atoms with E-state index in [9.17, 15) is 13.6 Å². The van der Waals surface area contributed by atoms with Gasteiger partial charge in [-0.25, -0.2) is 13.8 Å². The molecule has 134 valence electrons. The minimum Gasteiger partial charge on any atom is -0.441 e. The molecule has 1 aromatic heterocycles. The number of nitrogens with zero attached hydrogens (tertiary/aromatic N) is 2. The Hall–Kier alpha value is -2.24. The smallest absolute Gasteiger partial charge is 0.223 e. The van der Waals surface area contributed by atoms with Crippen LogP contribution >= 0.6 is 0 Å². The van der Waals surface area contributed by atoms with Crippen LogP contribution in [-0.4, -0.2) is 28.4 Å². The molecule has 2 heterocycles. The van der Waals surface area contributed by atoms with Crippen LogP contribution in [0.15, 0.2) is 28.8 Å². The summed E-state index contributed by atoms with van der Waals surface area (Å²) in [6.45, 7) is 5.04. The predicted molar refractivity (Wildman–Crippen MR) is 89.7 cm³/mol. The lowest BCUT2D eigenvalue weighted by Gasteiger charge is -2.27. The van der Waals surface area contributed by atoms with E-state index in [-0.39, 0.29) is 23.7 Å². The van der Waals surface area contributed by atoms with Crippen LogP contribution in [0.2, 0.25) is 0 Å². The number of hydrogen-bond donors (Lipinski definition) is 0. The van der Waals surface area contributed by atoms with E-state index < -0.39 is 11.6 Å². The van der Waals surface area contributed by atoms with Gasteiger partial charge in [0.15, 0.2) is 11.7 Å². The lowest BCUT2D eigenvalue weighted by atomic mass is 10.0. The third kappa shape index (κ3) is 3.72. The van der Waals surface area contributed by atoms with Crippen molar-refractivity contribution in [3.8, 4) is 11.3 Å². The number of likely N-dealkylation sites (tertiary alicyclic amines) is 1. The Morgan fingerprint density at radius 3 is 2.76 bits per heavy atom. The van der Waals surface area contributed by atoms with Gasteiger partial charge in [0.1, 0.15) is 11.6 Å². The Morgan fingerprint density at radius 2 is 2.08 bits per heavy atom. The summed E-state index contributed by atoms with van der Waals surface area (Å²) in [6, 6.07) is 3.93.